The Bertz CT molecular complexity index is 1310. The average Bonchev–Trinajstić information content (AvgIpc) is 3.48. The predicted molar refractivity (Wildman–Crippen MR) is 338 cm³/mol. The zero-order valence-corrected chi connectivity index (χ0v) is 53.8. The average molecular weight is 1170 g/mol. The molecule has 82 heavy (non-hydrogen) atoms. The number of esters is 2. The van der Waals surface area contributed by atoms with Crippen molar-refractivity contribution in [3.05, 3.63) is 0 Å². The summed E-state index contributed by atoms with van der Waals surface area (Å²) in [6, 6.07) is -2.23. The molecule has 0 aliphatic carbocycles. The highest BCUT2D eigenvalue weighted by Gasteiger charge is 2.35. The first kappa shape index (κ1) is 77.7. The van der Waals surface area contributed by atoms with Crippen molar-refractivity contribution >= 4 is 23.8 Å². The van der Waals surface area contributed by atoms with Gasteiger partial charge in [-0.2, -0.15) is 0 Å². The smallest absolute Gasteiger partial charge is 0.307 e. The first-order valence-corrected chi connectivity index (χ1v) is 35.0. The fourth-order valence-corrected chi connectivity index (χ4v) is 11.4. The van der Waals surface area contributed by atoms with Crippen LogP contribution < -0.4 is 10.6 Å². The quantitative estimate of drug-likeness (QED) is 0.0249. The van der Waals surface area contributed by atoms with Crippen LogP contribution in [0.2, 0.25) is 0 Å². The van der Waals surface area contributed by atoms with Gasteiger partial charge in [0.25, 0.3) is 0 Å². The number of carbonyl (C=O) groups excluding carboxylic acids is 4. The van der Waals surface area contributed by atoms with Gasteiger partial charge in [0.05, 0.1) is 37.3 Å². The summed E-state index contributed by atoms with van der Waals surface area (Å²) in [4.78, 5) is 56.4. The van der Waals surface area contributed by atoms with Gasteiger partial charge in [-0.1, -0.05) is 285 Å². The Morgan fingerprint density at radius 2 is 0.549 bits per heavy atom. The molecule has 0 saturated carbocycles. The van der Waals surface area contributed by atoms with Gasteiger partial charge >= 0.3 is 11.9 Å². The molecule has 484 valence electrons. The third-order valence-electron chi connectivity index (χ3n) is 16.8. The molecule has 0 spiro atoms. The Balaban J connectivity index is 2.65. The predicted octanol–water partition coefficient (Wildman–Crippen LogP) is 14.1. The van der Waals surface area contributed by atoms with Crippen molar-refractivity contribution < 1.29 is 49.1 Å². The summed E-state index contributed by atoms with van der Waals surface area (Å²) in [6.07, 6.45) is 49.0. The van der Waals surface area contributed by atoms with Gasteiger partial charge in [-0.05, 0) is 25.7 Å². The Morgan fingerprint density at radius 3 is 0.756 bits per heavy atom. The van der Waals surface area contributed by atoms with Crippen LogP contribution in [0.3, 0.4) is 0 Å². The maximum absolute atomic E-state index is 13.1. The minimum atomic E-state index is -1.11. The van der Waals surface area contributed by atoms with Gasteiger partial charge in [-0.3, -0.25) is 29.0 Å². The number of amides is 2. The van der Waals surface area contributed by atoms with E-state index in [2.05, 4.69) is 38.3 Å². The lowest BCUT2D eigenvalue weighted by atomic mass is 10.0. The molecule has 1 saturated heterocycles. The molecule has 6 atom stereocenters. The molecule has 2 amide bonds. The highest BCUT2D eigenvalue weighted by atomic mass is 16.5. The van der Waals surface area contributed by atoms with Crippen molar-refractivity contribution in [1.29, 1.82) is 0 Å². The molecule has 14 heteroatoms. The summed E-state index contributed by atoms with van der Waals surface area (Å²) in [5, 5.41) is 49.5. The molecule has 6 N–H and O–H groups in total. The molecule has 4 unspecified atom stereocenters. The normalized spacial score (nSPS) is 16.1. The minimum Gasteiger partial charge on any atom is -0.463 e. The van der Waals surface area contributed by atoms with Crippen LogP contribution in [-0.4, -0.2) is 143 Å². The van der Waals surface area contributed by atoms with Crippen molar-refractivity contribution in [3.8, 4) is 0 Å². The van der Waals surface area contributed by atoms with Crippen LogP contribution in [0.1, 0.15) is 323 Å². The highest BCUT2D eigenvalue weighted by molar-refractivity contribution is 5.97. The second-order valence-electron chi connectivity index (χ2n) is 25.0. The van der Waals surface area contributed by atoms with Crippen molar-refractivity contribution in [2.75, 3.05) is 52.5 Å². The first-order chi connectivity index (χ1) is 39.9. The van der Waals surface area contributed by atoms with Gasteiger partial charge in [0.15, 0.2) is 0 Å². The molecule has 0 aromatic rings. The number of aliphatic hydroxyl groups is 4. The van der Waals surface area contributed by atoms with E-state index in [-0.39, 0.29) is 39.1 Å². The molecular formula is C68H132N4O10. The molecule has 1 aliphatic rings. The van der Waals surface area contributed by atoms with Crippen LogP contribution in [0.5, 0.6) is 0 Å². The SMILES string of the molecule is CCCCCCCCCCCCC(O)CN(CCC(=O)OC[C@@H]1NC(=O)[C@@H](COC(=O)CCN(CC(O)CCCCCCCCCCCC)CC(O)CCCCCCCCCCCC)NC1=O)CC(O)CCCCCCCCCCCC. The van der Waals surface area contributed by atoms with Gasteiger partial charge in [-0.15, -0.1) is 0 Å². The maximum atomic E-state index is 13.1. The second-order valence-corrected chi connectivity index (χ2v) is 25.0. The standard InChI is InChI=1S/C68H132N4O10/c1-5-9-13-17-21-25-29-33-37-41-45-59(73)53-71(54-60(74)46-42-38-34-30-26-22-18-14-10-6-2)51-49-65(77)81-57-63-67(79)70-64(68(80)69-63)58-82-66(78)50-52-72(55-61(75)47-43-39-35-31-27-23-19-15-11-7-3)56-62(76)48-44-40-36-32-28-24-20-16-12-8-4/h59-64,73-76H,5-58H2,1-4H3,(H,69,80)(H,70,79)/t59?,60?,61?,62?,63-,64+. The molecule has 1 fully saturated rings. The number of unbranched alkanes of at least 4 members (excludes halogenated alkanes) is 36. The molecular weight excluding hydrogens is 1030 g/mol. The van der Waals surface area contributed by atoms with Crippen LogP contribution >= 0.6 is 0 Å². The number of piperazine rings is 1. The van der Waals surface area contributed by atoms with Gasteiger partial charge in [0.1, 0.15) is 25.3 Å². The maximum Gasteiger partial charge on any atom is 0.307 e. The number of nitrogens with zero attached hydrogens (tertiary/aromatic N) is 2. The number of hydrogen-bond donors (Lipinski definition) is 6. The largest absolute Gasteiger partial charge is 0.463 e. The van der Waals surface area contributed by atoms with Gasteiger partial charge in [-0.25, -0.2) is 0 Å². The van der Waals surface area contributed by atoms with Crippen LogP contribution in [0.4, 0.5) is 0 Å². The topological polar surface area (TPSA) is 198 Å². The number of aliphatic hydroxyl groups excluding tert-OH is 4. The van der Waals surface area contributed by atoms with E-state index >= 15 is 0 Å². The van der Waals surface area contributed by atoms with Crippen molar-refractivity contribution in [2.24, 2.45) is 0 Å². The molecule has 0 aromatic heterocycles. The van der Waals surface area contributed by atoms with E-state index in [1.807, 2.05) is 9.80 Å². The molecule has 1 rings (SSSR count). The zero-order chi connectivity index (χ0) is 59.9. The molecule has 1 heterocycles. The molecule has 14 nitrogen and oxygen atoms in total. The first-order valence-electron chi connectivity index (χ1n) is 35.0. The molecule has 0 aromatic carbocycles. The Kier molecular flexibility index (Phi) is 53.5. The van der Waals surface area contributed by atoms with E-state index in [9.17, 15) is 39.6 Å². The van der Waals surface area contributed by atoms with E-state index < -0.39 is 60.3 Å². The van der Waals surface area contributed by atoms with E-state index in [1.54, 1.807) is 0 Å². The number of nitrogens with one attached hydrogen (secondary N) is 2. The lowest BCUT2D eigenvalue weighted by Crippen LogP contribution is -2.64. The summed E-state index contributed by atoms with van der Waals surface area (Å²) in [6.45, 7) is 10.2. The third-order valence-corrected chi connectivity index (χ3v) is 16.8. The fourth-order valence-electron chi connectivity index (χ4n) is 11.4. The summed E-state index contributed by atoms with van der Waals surface area (Å²) in [5.41, 5.74) is 0. The third kappa shape index (κ3) is 47.8. The molecule has 0 bridgehead atoms. The molecule has 0 radical (unpaired) electrons. The summed E-state index contributed by atoms with van der Waals surface area (Å²) in [5.74, 6) is -2.22. The highest BCUT2D eigenvalue weighted by Crippen LogP contribution is 2.18. The van der Waals surface area contributed by atoms with Gasteiger partial charge in [0, 0.05) is 39.3 Å². The Morgan fingerprint density at radius 1 is 0.354 bits per heavy atom. The number of rotatable bonds is 62. The Hall–Kier alpha value is -2.36. The second kappa shape index (κ2) is 56.4. The van der Waals surface area contributed by atoms with Crippen LogP contribution in [0.15, 0.2) is 0 Å². The van der Waals surface area contributed by atoms with Crippen molar-refractivity contribution in [1.82, 2.24) is 20.4 Å². The van der Waals surface area contributed by atoms with E-state index in [4.69, 9.17) is 9.47 Å². The monoisotopic (exact) mass is 1160 g/mol. The van der Waals surface area contributed by atoms with Crippen LogP contribution in [0.25, 0.3) is 0 Å². The minimum absolute atomic E-state index is 0.00905. The van der Waals surface area contributed by atoms with Crippen LogP contribution in [-0.2, 0) is 28.7 Å². The Labute approximate surface area is 503 Å². The van der Waals surface area contributed by atoms with Crippen molar-refractivity contribution in [3.63, 3.8) is 0 Å². The summed E-state index contributed by atoms with van der Waals surface area (Å²) >= 11 is 0. The number of hydrogen-bond acceptors (Lipinski definition) is 12. The van der Waals surface area contributed by atoms with Crippen molar-refractivity contribution in [2.45, 2.75) is 360 Å². The van der Waals surface area contributed by atoms with Gasteiger partial charge < -0.3 is 40.5 Å². The van der Waals surface area contributed by atoms with Crippen LogP contribution in [0, 0.1) is 0 Å². The molecule has 1 aliphatic heterocycles. The summed E-state index contributed by atoms with van der Waals surface area (Å²) < 4.78 is 11.0. The summed E-state index contributed by atoms with van der Waals surface area (Å²) in [7, 11) is 0. The number of ether oxygens (including phenoxy) is 2. The fraction of sp³-hybridized carbons (Fsp3) is 0.941. The van der Waals surface area contributed by atoms with Gasteiger partial charge in [0.2, 0.25) is 11.8 Å². The lowest BCUT2D eigenvalue weighted by molar-refractivity contribution is -0.152. The van der Waals surface area contributed by atoms with E-state index in [0.717, 1.165) is 51.4 Å². The lowest BCUT2D eigenvalue weighted by Gasteiger charge is -2.29. The zero-order valence-electron chi connectivity index (χ0n) is 53.8. The number of carbonyl (C=O) groups is 4. The van der Waals surface area contributed by atoms with E-state index in [0.29, 0.717) is 51.9 Å². The van der Waals surface area contributed by atoms with E-state index in [1.165, 1.54) is 205 Å².